The molecule has 0 unspecified atom stereocenters. The van der Waals surface area contributed by atoms with Crippen molar-refractivity contribution in [1.82, 2.24) is 0 Å². The first-order chi connectivity index (χ1) is 16.5. The van der Waals surface area contributed by atoms with E-state index < -0.39 is 0 Å². The Bertz CT molecular complexity index is 1230. The van der Waals surface area contributed by atoms with Crippen LogP contribution in [0.3, 0.4) is 0 Å². The van der Waals surface area contributed by atoms with Gasteiger partial charge in [-0.2, -0.15) is 0 Å². The van der Waals surface area contributed by atoms with E-state index in [9.17, 15) is 4.79 Å². The topological polar surface area (TPSA) is 51.1 Å². The lowest BCUT2D eigenvalue weighted by atomic mass is 10.1. The number of nitrogens with zero attached hydrogens (tertiary/aromatic N) is 2. The van der Waals surface area contributed by atoms with E-state index in [-0.39, 0.29) is 5.91 Å². The molecule has 1 fully saturated rings. The summed E-state index contributed by atoms with van der Waals surface area (Å²) in [6.07, 6.45) is 1.88. The molecule has 0 bridgehead atoms. The van der Waals surface area contributed by atoms with E-state index in [4.69, 9.17) is 14.5 Å². The summed E-state index contributed by atoms with van der Waals surface area (Å²) in [7, 11) is 0. The molecule has 1 heterocycles. The third-order valence-electron chi connectivity index (χ3n) is 5.22. The number of rotatable bonds is 7. The SMILES string of the molecule is CCOc1ccc(/C=C2\SC(=Nc3ccc(C)cc3)N(c3ccc(C)cc3)C2=O)cc1OCC. The van der Waals surface area contributed by atoms with Crippen LogP contribution >= 0.6 is 11.8 Å². The zero-order chi connectivity index (χ0) is 24.1. The van der Waals surface area contributed by atoms with E-state index in [2.05, 4.69) is 0 Å². The fraction of sp³-hybridized carbons (Fsp3) is 0.214. The Morgan fingerprint density at radius 2 is 1.47 bits per heavy atom. The summed E-state index contributed by atoms with van der Waals surface area (Å²) in [5.74, 6) is 1.25. The van der Waals surface area contributed by atoms with Crippen molar-refractivity contribution in [3.63, 3.8) is 0 Å². The highest BCUT2D eigenvalue weighted by atomic mass is 32.2. The molecule has 0 spiro atoms. The average molecular weight is 473 g/mol. The number of aliphatic imine (C=N–C) groups is 1. The number of hydrogen-bond acceptors (Lipinski definition) is 5. The van der Waals surface area contributed by atoms with Crippen LogP contribution in [0.2, 0.25) is 0 Å². The molecule has 3 aromatic rings. The van der Waals surface area contributed by atoms with Crippen molar-refractivity contribution in [2.75, 3.05) is 18.1 Å². The number of anilines is 1. The number of amides is 1. The molecule has 6 heteroatoms. The van der Waals surface area contributed by atoms with Gasteiger partial charge in [0.05, 0.1) is 29.5 Å². The summed E-state index contributed by atoms with van der Waals surface area (Å²) >= 11 is 1.37. The van der Waals surface area contributed by atoms with Crippen molar-refractivity contribution in [2.24, 2.45) is 4.99 Å². The van der Waals surface area contributed by atoms with E-state index in [0.717, 1.165) is 28.1 Å². The highest BCUT2D eigenvalue weighted by Crippen LogP contribution is 2.38. The van der Waals surface area contributed by atoms with Gasteiger partial charge in [0.25, 0.3) is 5.91 Å². The zero-order valence-corrected chi connectivity index (χ0v) is 20.7. The summed E-state index contributed by atoms with van der Waals surface area (Å²) < 4.78 is 11.4. The smallest absolute Gasteiger partial charge is 0.271 e. The standard InChI is InChI=1S/C28H28N2O3S/c1-5-32-24-16-11-21(17-25(24)33-6-2)18-26-27(31)30(23-14-9-20(4)10-15-23)28(34-26)29-22-12-7-19(3)8-13-22/h7-18H,5-6H2,1-4H3/b26-18-,29-28?. The summed E-state index contributed by atoms with van der Waals surface area (Å²) in [5.41, 5.74) is 4.76. The van der Waals surface area contributed by atoms with Crippen LogP contribution in [0, 0.1) is 13.8 Å². The van der Waals surface area contributed by atoms with Crippen LogP contribution in [0.25, 0.3) is 6.08 Å². The Balaban J connectivity index is 1.73. The summed E-state index contributed by atoms with van der Waals surface area (Å²) in [6.45, 7) is 9.02. The van der Waals surface area contributed by atoms with Gasteiger partial charge in [-0.15, -0.1) is 0 Å². The van der Waals surface area contributed by atoms with Crippen LogP contribution in [0.15, 0.2) is 76.6 Å². The van der Waals surface area contributed by atoms with Gasteiger partial charge in [0.1, 0.15) is 0 Å². The molecular weight excluding hydrogens is 444 g/mol. The van der Waals surface area contributed by atoms with Gasteiger partial charge >= 0.3 is 0 Å². The van der Waals surface area contributed by atoms with E-state index in [0.29, 0.717) is 34.8 Å². The summed E-state index contributed by atoms with van der Waals surface area (Å²) in [5, 5.41) is 0.625. The third-order valence-corrected chi connectivity index (χ3v) is 6.19. The molecule has 3 aromatic carbocycles. The third kappa shape index (κ3) is 5.34. The maximum atomic E-state index is 13.5. The van der Waals surface area contributed by atoms with Gasteiger partial charge in [-0.1, -0.05) is 41.5 Å². The summed E-state index contributed by atoms with van der Waals surface area (Å²) in [4.78, 5) is 20.6. The first-order valence-electron chi connectivity index (χ1n) is 11.3. The van der Waals surface area contributed by atoms with Crippen molar-refractivity contribution >= 4 is 40.3 Å². The zero-order valence-electron chi connectivity index (χ0n) is 19.9. The molecule has 5 nitrogen and oxygen atoms in total. The second-order valence-corrected chi connectivity index (χ2v) is 8.90. The second-order valence-electron chi connectivity index (χ2n) is 7.89. The maximum absolute atomic E-state index is 13.5. The molecule has 0 aliphatic carbocycles. The van der Waals surface area contributed by atoms with Crippen LogP contribution in [-0.2, 0) is 4.79 Å². The molecule has 1 aliphatic rings. The van der Waals surface area contributed by atoms with Gasteiger partial charge in [-0.3, -0.25) is 9.69 Å². The minimum absolute atomic E-state index is 0.105. The van der Waals surface area contributed by atoms with E-state index in [1.807, 2.05) is 101 Å². The normalized spacial score (nSPS) is 15.9. The molecule has 0 N–H and O–H groups in total. The number of carbonyl (C=O) groups is 1. The molecule has 4 rings (SSSR count). The molecule has 0 saturated carbocycles. The number of thioether (sulfide) groups is 1. The Morgan fingerprint density at radius 1 is 0.853 bits per heavy atom. The number of hydrogen-bond donors (Lipinski definition) is 0. The van der Waals surface area contributed by atoms with Crippen molar-refractivity contribution in [2.45, 2.75) is 27.7 Å². The lowest BCUT2D eigenvalue weighted by Crippen LogP contribution is -2.28. The van der Waals surface area contributed by atoms with Crippen LogP contribution < -0.4 is 14.4 Å². The molecular formula is C28H28N2O3S. The van der Waals surface area contributed by atoms with Crippen molar-refractivity contribution in [1.29, 1.82) is 0 Å². The van der Waals surface area contributed by atoms with Gasteiger partial charge in [-0.25, -0.2) is 4.99 Å². The van der Waals surface area contributed by atoms with Crippen molar-refractivity contribution in [3.05, 3.63) is 88.3 Å². The van der Waals surface area contributed by atoms with Crippen LogP contribution in [0.5, 0.6) is 11.5 Å². The number of benzene rings is 3. The van der Waals surface area contributed by atoms with Gasteiger partial charge in [0.15, 0.2) is 16.7 Å². The van der Waals surface area contributed by atoms with Gasteiger partial charge in [-0.05, 0) is 87.5 Å². The highest BCUT2D eigenvalue weighted by molar-refractivity contribution is 8.19. The highest BCUT2D eigenvalue weighted by Gasteiger charge is 2.34. The Kier molecular flexibility index (Phi) is 7.38. The molecule has 1 saturated heterocycles. The van der Waals surface area contributed by atoms with Gasteiger partial charge < -0.3 is 9.47 Å². The first kappa shape index (κ1) is 23.6. The summed E-state index contributed by atoms with van der Waals surface area (Å²) in [6, 6.07) is 21.6. The quantitative estimate of drug-likeness (QED) is 0.351. The van der Waals surface area contributed by atoms with Crippen LogP contribution in [0.1, 0.15) is 30.5 Å². The largest absolute Gasteiger partial charge is 0.490 e. The van der Waals surface area contributed by atoms with Crippen LogP contribution in [-0.4, -0.2) is 24.3 Å². The first-order valence-corrected chi connectivity index (χ1v) is 12.2. The second kappa shape index (κ2) is 10.6. The Labute approximate surface area is 205 Å². The van der Waals surface area contributed by atoms with Crippen LogP contribution in [0.4, 0.5) is 11.4 Å². The number of aryl methyl sites for hydroxylation is 2. The number of carbonyl (C=O) groups excluding carboxylic acids is 1. The molecule has 0 atom stereocenters. The molecule has 1 aliphatic heterocycles. The Hall–Kier alpha value is -3.51. The van der Waals surface area contributed by atoms with Crippen molar-refractivity contribution < 1.29 is 14.3 Å². The molecule has 174 valence electrons. The van der Waals surface area contributed by atoms with E-state index in [1.54, 1.807) is 4.90 Å². The molecule has 0 radical (unpaired) electrons. The molecule has 0 aromatic heterocycles. The van der Waals surface area contributed by atoms with Gasteiger partial charge in [0, 0.05) is 0 Å². The predicted molar refractivity (Wildman–Crippen MR) is 141 cm³/mol. The Morgan fingerprint density at radius 3 is 2.12 bits per heavy atom. The van der Waals surface area contributed by atoms with E-state index in [1.165, 1.54) is 11.8 Å². The predicted octanol–water partition coefficient (Wildman–Crippen LogP) is 6.91. The van der Waals surface area contributed by atoms with Crippen molar-refractivity contribution in [3.8, 4) is 11.5 Å². The van der Waals surface area contributed by atoms with Gasteiger partial charge in [0.2, 0.25) is 0 Å². The monoisotopic (exact) mass is 472 g/mol. The lowest BCUT2D eigenvalue weighted by molar-refractivity contribution is -0.113. The maximum Gasteiger partial charge on any atom is 0.271 e. The minimum atomic E-state index is -0.105. The fourth-order valence-corrected chi connectivity index (χ4v) is 4.51. The minimum Gasteiger partial charge on any atom is -0.490 e. The molecule has 1 amide bonds. The number of amidine groups is 1. The molecule has 34 heavy (non-hydrogen) atoms. The average Bonchev–Trinajstić information content (AvgIpc) is 3.12. The lowest BCUT2D eigenvalue weighted by Gasteiger charge is -2.16. The fourth-order valence-electron chi connectivity index (χ4n) is 3.51. The number of ether oxygens (including phenoxy) is 2. The van der Waals surface area contributed by atoms with E-state index >= 15 is 0 Å².